The van der Waals surface area contributed by atoms with Crippen LogP contribution < -0.4 is 10.9 Å². The number of rotatable bonds is 4. The number of pyridine rings is 1. The first-order valence-electron chi connectivity index (χ1n) is 8.28. The third-order valence-corrected chi connectivity index (χ3v) is 4.39. The van der Waals surface area contributed by atoms with Crippen molar-refractivity contribution in [3.8, 4) is 11.4 Å². The van der Waals surface area contributed by atoms with Gasteiger partial charge in [-0.3, -0.25) is 4.79 Å². The Morgan fingerprint density at radius 2 is 1.88 bits per heavy atom. The molecule has 2 heterocycles. The summed E-state index contributed by atoms with van der Waals surface area (Å²) in [6.07, 6.45) is 1.72. The van der Waals surface area contributed by atoms with Crippen LogP contribution in [0.1, 0.15) is 27.9 Å². The molecule has 0 saturated carbocycles. The number of benzene rings is 1. The maximum Gasteiger partial charge on any atom is 0.254 e. The van der Waals surface area contributed by atoms with Crippen molar-refractivity contribution in [3.63, 3.8) is 0 Å². The quantitative estimate of drug-likeness (QED) is 0.763. The maximum absolute atomic E-state index is 11.9. The highest BCUT2D eigenvalue weighted by molar-refractivity contribution is 5.56. The average molecular weight is 334 g/mol. The van der Waals surface area contributed by atoms with E-state index in [-0.39, 0.29) is 5.56 Å². The average Bonchev–Trinajstić information content (AvgIpc) is 2.59. The monoisotopic (exact) mass is 334 g/mol. The summed E-state index contributed by atoms with van der Waals surface area (Å²) < 4.78 is 0. The third kappa shape index (κ3) is 3.76. The number of nitrogens with one attached hydrogen (secondary N) is 2. The van der Waals surface area contributed by atoms with Crippen molar-refractivity contribution in [1.29, 1.82) is 0 Å². The molecule has 0 fully saturated rings. The molecule has 25 heavy (non-hydrogen) atoms. The van der Waals surface area contributed by atoms with Gasteiger partial charge in [-0.1, -0.05) is 23.8 Å². The minimum absolute atomic E-state index is 0.112. The van der Waals surface area contributed by atoms with E-state index in [1.165, 1.54) is 16.7 Å². The zero-order chi connectivity index (χ0) is 18.0. The lowest BCUT2D eigenvalue weighted by atomic mass is 10.1. The summed E-state index contributed by atoms with van der Waals surface area (Å²) in [7, 11) is 0. The van der Waals surface area contributed by atoms with Gasteiger partial charge in [0.05, 0.1) is 0 Å². The van der Waals surface area contributed by atoms with Gasteiger partial charge in [-0.05, 0) is 51.0 Å². The Morgan fingerprint density at radius 1 is 1.08 bits per heavy atom. The highest BCUT2D eigenvalue weighted by Gasteiger charge is 2.07. The van der Waals surface area contributed by atoms with Crippen LogP contribution in [0.5, 0.6) is 0 Å². The van der Waals surface area contributed by atoms with Gasteiger partial charge in [0, 0.05) is 29.6 Å². The molecule has 0 aliphatic rings. The number of hydrogen-bond acceptors (Lipinski definition) is 4. The summed E-state index contributed by atoms with van der Waals surface area (Å²) in [5, 5.41) is 3.33. The van der Waals surface area contributed by atoms with Gasteiger partial charge in [-0.2, -0.15) is 0 Å². The summed E-state index contributed by atoms with van der Waals surface area (Å²) in [6, 6.07) is 10.2. The predicted octanol–water partition coefficient (Wildman–Crippen LogP) is 3.68. The van der Waals surface area contributed by atoms with Crippen molar-refractivity contribution in [2.24, 2.45) is 0 Å². The van der Waals surface area contributed by atoms with E-state index in [4.69, 9.17) is 0 Å². The molecule has 1 aromatic carbocycles. The summed E-state index contributed by atoms with van der Waals surface area (Å²) in [6.45, 7) is 8.53. The van der Waals surface area contributed by atoms with Crippen molar-refractivity contribution >= 4 is 5.82 Å². The van der Waals surface area contributed by atoms with Crippen LogP contribution >= 0.6 is 0 Å². The van der Waals surface area contributed by atoms with E-state index >= 15 is 0 Å². The lowest BCUT2D eigenvalue weighted by molar-refractivity contribution is 1.03. The van der Waals surface area contributed by atoms with Crippen molar-refractivity contribution in [2.45, 2.75) is 34.2 Å². The van der Waals surface area contributed by atoms with E-state index in [0.717, 1.165) is 23.6 Å². The van der Waals surface area contributed by atoms with Crippen LogP contribution in [0, 0.1) is 27.7 Å². The zero-order valence-corrected chi connectivity index (χ0v) is 15.0. The number of aryl methyl sites for hydroxylation is 3. The second-order valence-electron chi connectivity index (χ2n) is 6.34. The second-order valence-corrected chi connectivity index (χ2v) is 6.34. The molecule has 0 atom stereocenters. The lowest BCUT2D eigenvalue weighted by Crippen LogP contribution is -2.14. The highest BCUT2D eigenvalue weighted by atomic mass is 16.1. The first-order chi connectivity index (χ1) is 11.9. The Kier molecular flexibility index (Phi) is 4.65. The summed E-state index contributed by atoms with van der Waals surface area (Å²) >= 11 is 0. The summed E-state index contributed by atoms with van der Waals surface area (Å²) in [4.78, 5) is 23.5. The standard InChI is InChI=1S/C20H22N4O/c1-12-5-6-16(13(2)9-12)10-21-18-8-7-17(11-22-18)19-23-15(4)14(3)20(25)24-19/h5-9,11H,10H2,1-4H3,(H,21,22)(H,23,24,25). The van der Waals surface area contributed by atoms with E-state index in [1.807, 2.05) is 19.1 Å². The van der Waals surface area contributed by atoms with E-state index < -0.39 is 0 Å². The molecule has 128 valence electrons. The molecule has 5 nitrogen and oxygen atoms in total. The van der Waals surface area contributed by atoms with Gasteiger partial charge in [-0.15, -0.1) is 0 Å². The summed E-state index contributed by atoms with van der Waals surface area (Å²) in [5.41, 5.74) is 5.83. The fraction of sp³-hybridized carbons (Fsp3) is 0.250. The first kappa shape index (κ1) is 16.9. The van der Waals surface area contributed by atoms with Crippen LogP contribution in [0.3, 0.4) is 0 Å². The van der Waals surface area contributed by atoms with Crippen LogP contribution in [0.15, 0.2) is 41.3 Å². The van der Waals surface area contributed by atoms with Gasteiger partial charge in [0.2, 0.25) is 0 Å². The molecule has 0 aliphatic heterocycles. The van der Waals surface area contributed by atoms with Crippen LogP contribution in [-0.2, 0) is 6.54 Å². The Morgan fingerprint density at radius 3 is 2.52 bits per heavy atom. The molecular formula is C20H22N4O. The number of nitrogens with zero attached hydrogens (tertiary/aromatic N) is 2. The Balaban J connectivity index is 1.75. The molecule has 0 aliphatic carbocycles. The number of hydrogen-bond donors (Lipinski definition) is 2. The number of aromatic nitrogens is 3. The molecule has 0 unspecified atom stereocenters. The normalized spacial score (nSPS) is 10.7. The van der Waals surface area contributed by atoms with Crippen molar-refractivity contribution in [3.05, 3.63) is 74.8 Å². The smallest absolute Gasteiger partial charge is 0.254 e. The zero-order valence-electron chi connectivity index (χ0n) is 15.0. The van der Waals surface area contributed by atoms with Crippen LogP contribution in [0.4, 0.5) is 5.82 Å². The minimum atomic E-state index is -0.112. The van der Waals surface area contributed by atoms with E-state index in [0.29, 0.717) is 11.4 Å². The van der Waals surface area contributed by atoms with Crippen molar-refractivity contribution in [2.75, 3.05) is 5.32 Å². The molecule has 0 bridgehead atoms. The number of anilines is 1. The molecule has 0 radical (unpaired) electrons. The Hall–Kier alpha value is -2.95. The molecule has 3 rings (SSSR count). The van der Waals surface area contributed by atoms with Gasteiger partial charge in [0.1, 0.15) is 11.6 Å². The molecule has 5 heteroatoms. The molecule has 0 saturated heterocycles. The summed E-state index contributed by atoms with van der Waals surface area (Å²) in [5.74, 6) is 1.33. The van der Waals surface area contributed by atoms with Gasteiger partial charge in [0.15, 0.2) is 0 Å². The van der Waals surface area contributed by atoms with Crippen LogP contribution in [0.25, 0.3) is 11.4 Å². The van der Waals surface area contributed by atoms with Crippen LogP contribution in [-0.4, -0.2) is 15.0 Å². The maximum atomic E-state index is 11.9. The molecule has 2 N–H and O–H groups in total. The molecular weight excluding hydrogens is 312 g/mol. The molecule has 0 spiro atoms. The molecule has 0 amide bonds. The predicted molar refractivity (Wildman–Crippen MR) is 101 cm³/mol. The van der Waals surface area contributed by atoms with Crippen LogP contribution in [0.2, 0.25) is 0 Å². The van der Waals surface area contributed by atoms with Gasteiger partial charge < -0.3 is 10.3 Å². The van der Waals surface area contributed by atoms with E-state index in [1.54, 1.807) is 13.1 Å². The third-order valence-electron chi connectivity index (χ3n) is 4.39. The van der Waals surface area contributed by atoms with Crippen molar-refractivity contribution in [1.82, 2.24) is 15.0 Å². The fourth-order valence-corrected chi connectivity index (χ4v) is 2.65. The second kappa shape index (κ2) is 6.89. The highest BCUT2D eigenvalue weighted by Crippen LogP contribution is 2.17. The minimum Gasteiger partial charge on any atom is -0.366 e. The number of aromatic amines is 1. The number of H-pyrrole nitrogens is 1. The van der Waals surface area contributed by atoms with E-state index in [9.17, 15) is 4.79 Å². The van der Waals surface area contributed by atoms with Gasteiger partial charge in [0.25, 0.3) is 5.56 Å². The first-order valence-corrected chi connectivity index (χ1v) is 8.28. The fourth-order valence-electron chi connectivity index (χ4n) is 2.65. The van der Waals surface area contributed by atoms with E-state index in [2.05, 4.69) is 52.3 Å². The Labute approximate surface area is 147 Å². The molecule has 2 aromatic heterocycles. The van der Waals surface area contributed by atoms with Gasteiger partial charge in [-0.25, -0.2) is 9.97 Å². The largest absolute Gasteiger partial charge is 0.366 e. The molecule has 3 aromatic rings. The topological polar surface area (TPSA) is 70.7 Å². The lowest BCUT2D eigenvalue weighted by Gasteiger charge is -2.10. The SMILES string of the molecule is Cc1ccc(CNc2ccc(-c3nc(C)c(C)c(=O)[nH]3)cn2)c(C)c1. The Bertz CT molecular complexity index is 958. The van der Waals surface area contributed by atoms with Gasteiger partial charge >= 0.3 is 0 Å². The van der Waals surface area contributed by atoms with Crippen molar-refractivity contribution < 1.29 is 0 Å².